The highest BCUT2D eigenvalue weighted by Crippen LogP contribution is 2.17. The van der Waals surface area contributed by atoms with E-state index in [2.05, 4.69) is 26.1 Å². The number of hydrogen-bond donors (Lipinski definition) is 2. The molecule has 0 aromatic heterocycles. The first-order valence-corrected chi connectivity index (χ1v) is 7.80. The van der Waals surface area contributed by atoms with E-state index in [1.54, 1.807) is 0 Å². The quantitative estimate of drug-likeness (QED) is 0.755. The van der Waals surface area contributed by atoms with E-state index in [1.807, 2.05) is 4.90 Å². The second-order valence-electron chi connectivity index (χ2n) is 5.90. The van der Waals surface area contributed by atoms with Crippen LogP contribution in [0.4, 0.5) is 4.79 Å². The summed E-state index contributed by atoms with van der Waals surface area (Å²) in [6, 6.07) is -0.00909. The van der Waals surface area contributed by atoms with Gasteiger partial charge in [-0.15, -0.1) is 0 Å². The van der Waals surface area contributed by atoms with Crippen LogP contribution in [0.3, 0.4) is 0 Å². The van der Waals surface area contributed by atoms with E-state index in [9.17, 15) is 9.59 Å². The Morgan fingerprint density at radius 2 is 1.86 bits per heavy atom. The van der Waals surface area contributed by atoms with Crippen molar-refractivity contribution in [1.29, 1.82) is 0 Å². The van der Waals surface area contributed by atoms with E-state index >= 15 is 0 Å². The molecule has 0 spiro atoms. The van der Waals surface area contributed by atoms with Gasteiger partial charge in [0.1, 0.15) is 0 Å². The molecule has 1 heterocycles. The van der Waals surface area contributed by atoms with Crippen LogP contribution in [-0.4, -0.2) is 53.3 Å². The zero-order chi connectivity index (χ0) is 15.9. The molecule has 2 N–H and O–H groups in total. The Kier molecular flexibility index (Phi) is 6.95. The summed E-state index contributed by atoms with van der Waals surface area (Å²) in [7, 11) is 0. The molecule has 6 heteroatoms. The summed E-state index contributed by atoms with van der Waals surface area (Å²) >= 11 is 0. The van der Waals surface area contributed by atoms with E-state index in [0.717, 1.165) is 25.7 Å². The van der Waals surface area contributed by atoms with Crippen molar-refractivity contribution in [3.63, 3.8) is 0 Å². The van der Waals surface area contributed by atoms with Crippen molar-refractivity contribution in [2.24, 2.45) is 0 Å². The first kappa shape index (κ1) is 17.8. The molecule has 1 fully saturated rings. The Labute approximate surface area is 126 Å². The Balaban J connectivity index is 2.32. The van der Waals surface area contributed by atoms with Gasteiger partial charge in [0.25, 0.3) is 0 Å². The number of hydrogen-bond acceptors (Lipinski definition) is 3. The molecule has 0 aromatic carbocycles. The molecule has 21 heavy (non-hydrogen) atoms. The molecular formula is C15H28N2O4. The van der Waals surface area contributed by atoms with E-state index in [1.165, 1.54) is 0 Å². The third-order valence-corrected chi connectivity index (χ3v) is 4.37. The minimum absolute atomic E-state index is 0.00909. The van der Waals surface area contributed by atoms with Gasteiger partial charge in [0.2, 0.25) is 0 Å². The lowest BCUT2D eigenvalue weighted by Crippen LogP contribution is -2.53. The lowest BCUT2D eigenvalue weighted by Gasteiger charge is -2.36. The number of urea groups is 1. The number of carbonyl (C=O) groups excluding carboxylic acids is 1. The van der Waals surface area contributed by atoms with Crippen molar-refractivity contribution in [2.45, 2.75) is 64.5 Å². The van der Waals surface area contributed by atoms with Crippen LogP contribution in [0.25, 0.3) is 0 Å². The Morgan fingerprint density at radius 1 is 1.29 bits per heavy atom. The summed E-state index contributed by atoms with van der Waals surface area (Å²) < 4.78 is 5.53. The highest BCUT2D eigenvalue weighted by Gasteiger charge is 2.28. The first-order chi connectivity index (χ1) is 9.90. The highest BCUT2D eigenvalue weighted by molar-refractivity contribution is 5.75. The summed E-state index contributed by atoms with van der Waals surface area (Å²) in [6.45, 7) is 7.78. The van der Waals surface area contributed by atoms with Crippen LogP contribution in [-0.2, 0) is 9.53 Å². The predicted octanol–water partition coefficient (Wildman–Crippen LogP) is 2.23. The Hall–Kier alpha value is -1.30. The zero-order valence-electron chi connectivity index (χ0n) is 13.4. The van der Waals surface area contributed by atoms with Gasteiger partial charge in [0.05, 0.1) is 19.1 Å². The molecule has 1 aliphatic heterocycles. The van der Waals surface area contributed by atoms with Crippen molar-refractivity contribution in [2.75, 3.05) is 19.7 Å². The van der Waals surface area contributed by atoms with Crippen molar-refractivity contribution in [1.82, 2.24) is 10.2 Å². The van der Waals surface area contributed by atoms with Gasteiger partial charge in [-0.05, 0) is 32.6 Å². The van der Waals surface area contributed by atoms with E-state index in [0.29, 0.717) is 13.1 Å². The van der Waals surface area contributed by atoms with Crippen LogP contribution in [0.1, 0.15) is 52.9 Å². The standard InChI is InChI=1S/C15H28N2O4/c1-4-15(3,5-2)16-14(20)17-9-6-12(7-10-17)21-11-8-13(18)19/h12H,4-11H2,1-3H3,(H,16,20)(H,18,19). The Morgan fingerprint density at radius 3 is 2.33 bits per heavy atom. The zero-order valence-corrected chi connectivity index (χ0v) is 13.4. The number of likely N-dealkylation sites (tertiary alicyclic amines) is 1. The Bertz CT molecular complexity index is 348. The van der Waals surface area contributed by atoms with Crippen LogP contribution in [0.2, 0.25) is 0 Å². The van der Waals surface area contributed by atoms with Crippen LogP contribution < -0.4 is 5.32 Å². The molecule has 2 amide bonds. The van der Waals surface area contributed by atoms with Crippen molar-refractivity contribution >= 4 is 12.0 Å². The first-order valence-electron chi connectivity index (χ1n) is 7.80. The molecular weight excluding hydrogens is 272 g/mol. The molecule has 122 valence electrons. The van der Waals surface area contributed by atoms with Crippen LogP contribution >= 0.6 is 0 Å². The van der Waals surface area contributed by atoms with Gasteiger partial charge in [-0.2, -0.15) is 0 Å². The average Bonchev–Trinajstić information content (AvgIpc) is 2.47. The summed E-state index contributed by atoms with van der Waals surface area (Å²) in [5.41, 5.74) is -0.147. The maximum atomic E-state index is 12.2. The fraction of sp³-hybridized carbons (Fsp3) is 0.867. The number of piperidine rings is 1. The SMILES string of the molecule is CCC(C)(CC)NC(=O)N1CCC(OCCC(=O)O)CC1. The van der Waals surface area contributed by atoms with Gasteiger partial charge in [-0.25, -0.2) is 4.79 Å². The third kappa shape index (κ3) is 5.91. The summed E-state index contributed by atoms with van der Waals surface area (Å²) in [5.74, 6) is -0.842. The molecule has 0 radical (unpaired) electrons. The lowest BCUT2D eigenvalue weighted by atomic mass is 9.96. The van der Waals surface area contributed by atoms with Gasteiger partial charge < -0.3 is 20.1 Å². The summed E-state index contributed by atoms with van der Waals surface area (Å²) in [6.07, 6.45) is 3.45. The minimum Gasteiger partial charge on any atom is -0.481 e. The number of carbonyl (C=O) groups is 2. The molecule has 6 nitrogen and oxygen atoms in total. The maximum absolute atomic E-state index is 12.2. The number of nitrogens with zero attached hydrogens (tertiary/aromatic N) is 1. The van der Waals surface area contributed by atoms with Gasteiger partial charge in [-0.3, -0.25) is 4.79 Å². The van der Waals surface area contributed by atoms with Crippen molar-refractivity contribution < 1.29 is 19.4 Å². The lowest BCUT2D eigenvalue weighted by molar-refractivity contribution is -0.138. The highest BCUT2D eigenvalue weighted by atomic mass is 16.5. The number of ether oxygens (including phenoxy) is 1. The monoisotopic (exact) mass is 300 g/mol. The van der Waals surface area contributed by atoms with Gasteiger partial charge in [0.15, 0.2) is 0 Å². The molecule has 0 saturated carbocycles. The molecule has 0 aromatic rings. The molecule has 1 aliphatic rings. The predicted molar refractivity (Wildman–Crippen MR) is 80.3 cm³/mol. The largest absolute Gasteiger partial charge is 0.481 e. The number of carboxylic acid groups (broad SMARTS) is 1. The molecule has 1 saturated heterocycles. The molecule has 0 unspecified atom stereocenters. The fourth-order valence-corrected chi connectivity index (χ4v) is 2.30. The van der Waals surface area contributed by atoms with Gasteiger partial charge in [0, 0.05) is 18.6 Å². The fourth-order valence-electron chi connectivity index (χ4n) is 2.30. The summed E-state index contributed by atoms with van der Waals surface area (Å²) in [4.78, 5) is 24.5. The second kappa shape index (κ2) is 8.22. The van der Waals surface area contributed by atoms with Crippen LogP contribution in [0, 0.1) is 0 Å². The number of aliphatic carboxylic acids is 1. The molecule has 0 bridgehead atoms. The third-order valence-electron chi connectivity index (χ3n) is 4.37. The number of nitrogens with one attached hydrogen (secondary N) is 1. The number of amides is 2. The molecule has 1 rings (SSSR count). The van der Waals surface area contributed by atoms with E-state index < -0.39 is 5.97 Å². The maximum Gasteiger partial charge on any atom is 0.317 e. The van der Waals surface area contributed by atoms with Gasteiger partial charge >= 0.3 is 12.0 Å². The van der Waals surface area contributed by atoms with E-state index in [4.69, 9.17) is 9.84 Å². The van der Waals surface area contributed by atoms with Crippen molar-refractivity contribution in [3.8, 4) is 0 Å². The topological polar surface area (TPSA) is 78.9 Å². The van der Waals surface area contributed by atoms with Crippen LogP contribution in [0.15, 0.2) is 0 Å². The van der Waals surface area contributed by atoms with Crippen LogP contribution in [0.5, 0.6) is 0 Å². The van der Waals surface area contributed by atoms with Gasteiger partial charge in [-0.1, -0.05) is 13.8 Å². The smallest absolute Gasteiger partial charge is 0.317 e. The minimum atomic E-state index is -0.842. The number of carboxylic acids is 1. The molecule has 0 atom stereocenters. The summed E-state index contributed by atoms with van der Waals surface area (Å²) in [5, 5.41) is 11.7. The van der Waals surface area contributed by atoms with E-state index in [-0.39, 0.29) is 30.7 Å². The van der Waals surface area contributed by atoms with Crippen molar-refractivity contribution in [3.05, 3.63) is 0 Å². The average molecular weight is 300 g/mol. The normalized spacial score (nSPS) is 16.8. The second-order valence-corrected chi connectivity index (χ2v) is 5.90. The molecule has 0 aliphatic carbocycles. The number of rotatable bonds is 7.